The number of aryl methyl sites for hydroxylation is 1. The minimum atomic E-state index is -0.627. The zero-order valence-electron chi connectivity index (χ0n) is 17.2. The summed E-state index contributed by atoms with van der Waals surface area (Å²) in [6, 6.07) is 19.1. The summed E-state index contributed by atoms with van der Waals surface area (Å²) >= 11 is 0. The van der Waals surface area contributed by atoms with E-state index in [-0.39, 0.29) is 0 Å². The zero-order chi connectivity index (χ0) is 19.3. The molecule has 1 aliphatic carbocycles. The molecule has 1 saturated carbocycles. The molecular weight excluding hydrogens is 328 g/mol. The minimum absolute atomic E-state index is 0.410. The van der Waals surface area contributed by atoms with E-state index in [2.05, 4.69) is 89.9 Å². The number of imidazole rings is 1. The lowest BCUT2D eigenvalue weighted by molar-refractivity contribution is -0.590. The third-order valence-electron chi connectivity index (χ3n) is 6.22. The first kappa shape index (κ1) is 15.4. The van der Waals surface area contributed by atoms with Crippen LogP contribution in [0.15, 0.2) is 60.7 Å². The van der Waals surface area contributed by atoms with Gasteiger partial charge in [0.2, 0.25) is 0 Å². The highest BCUT2D eigenvalue weighted by molar-refractivity contribution is 5.61. The van der Waals surface area contributed by atoms with E-state index in [1.54, 1.807) is 0 Å². The van der Waals surface area contributed by atoms with Crippen LogP contribution >= 0.6 is 0 Å². The van der Waals surface area contributed by atoms with Crippen LogP contribution in [0.25, 0.3) is 23.3 Å². The number of aromatic nitrogens is 2. The van der Waals surface area contributed by atoms with Crippen LogP contribution in [-0.2, 0) is 0 Å². The number of allylic oxidation sites excluding steroid dienone is 1. The molecule has 2 aromatic carbocycles. The largest absolute Gasteiger partial charge is 0.299 e. The van der Waals surface area contributed by atoms with Gasteiger partial charge >= 0.3 is 0 Å². The molecule has 2 heteroatoms. The number of hydrogen-bond donors (Lipinski definition) is 0. The standard InChI is InChI=1S/C25H27N2/c1-18-10-6-9-15-23(18)27-19(2)24-22(20-11-7-8-12-20)16-17-26(24)25(27)21-13-4-3-5-14-21/h3-6,9-10,13-17,20,22H,7-8,11-12H2,1-2H3/q+1/i22D. The SMILES string of the molecule is [2H]C1(C2CCCC2)C=Cn2c1c(C)[n+](-c1ccccc1C)c2-c1ccccc1. The Morgan fingerprint density at radius 3 is 2.41 bits per heavy atom. The van der Waals surface area contributed by atoms with Crippen LogP contribution in [-0.4, -0.2) is 4.57 Å². The second kappa shape index (κ2) is 6.53. The summed E-state index contributed by atoms with van der Waals surface area (Å²) in [6.45, 7) is 4.36. The summed E-state index contributed by atoms with van der Waals surface area (Å²) in [5.41, 5.74) is 5.95. The lowest BCUT2D eigenvalue weighted by Gasteiger charge is -2.14. The Bertz CT molecular complexity index is 1060. The van der Waals surface area contributed by atoms with Crippen molar-refractivity contribution < 1.29 is 5.94 Å². The Balaban J connectivity index is 1.81. The zero-order valence-corrected chi connectivity index (χ0v) is 16.2. The number of rotatable bonds is 3. The first-order chi connectivity index (χ1) is 13.6. The van der Waals surface area contributed by atoms with E-state index in [1.807, 2.05) is 0 Å². The molecule has 0 amide bonds. The minimum Gasteiger partial charge on any atom is -0.198 e. The summed E-state index contributed by atoms with van der Waals surface area (Å²) in [4.78, 5) is 0. The van der Waals surface area contributed by atoms with E-state index in [1.165, 1.54) is 35.3 Å². The summed E-state index contributed by atoms with van der Waals surface area (Å²) in [5.74, 6) is 0.927. The third-order valence-corrected chi connectivity index (χ3v) is 6.22. The normalized spacial score (nSPS) is 22.2. The molecule has 1 unspecified atom stereocenters. The monoisotopic (exact) mass is 356 g/mol. The van der Waals surface area contributed by atoms with E-state index >= 15 is 0 Å². The Labute approximate surface area is 163 Å². The summed E-state index contributed by atoms with van der Waals surface area (Å²) in [5, 5.41) is 0. The second-order valence-electron chi connectivity index (χ2n) is 7.87. The molecule has 2 heterocycles. The van der Waals surface area contributed by atoms with E-state index < -0.39 is 5.89 Å². The van der Waals surface area contributed by atoms with Crippen molar-refractivity contribution in [1.29, 1.82) is 0 Å². The van der Waals surface area contributed by atoms with Gasteiger partial charge < -0.3 is 0 Å². The fraction of sp³-hybridized carbons (Fsp3) is 0.320. The highest BCUT2D eigenvalue weighted by Crippen LogP contribution is 2.43. The van der Waals surface area contributed by atoms with E-state index in [0.29, 0.717) is 5.92 Å². The van der Waals surface area contributed by atoms with E-state index in [0.717, 1.165) is 24.4 Å². The Morgan fingerprint density at radius 1 is 0.963 bits per heavy atom. The van der Waals surface area contributed by atoms with Crippen molar-refractivity contribution >= 4 is 6.20 Å². The van der Waals surface area contributed by atoms with Gasteiger partial charge in [-0.05, 0) is 55.5 Å². The predicted octanol–water partition coefficient (Wildman–Crippen LogP) is 5.81. The Kier molecular flexibility index (Phi) is 3.73. The van der Waals surface area contributed by atoms with Crippen molar-refractivity contribution in [3.63, 3.8) is 0 Å². The Hall–Kier alpha value is -2.61. The van der Waals surface area contributed by atoms with Crippen LogP contribution in [0.2, 0.25) is 0 Å². The van der Waals surface area contributed by atoms with Crippen molar-refractivity contribution in [3.8, 4) is 17.1 Å². The first-order valence-electron chi connectivity index (χ1n) is 10.6. The number of benzene rings is 2. The van der Waals surface area contributed by atoms with Crippen LogP contribution in [0.5, 0.6) is 0 Å². The molecular formula is C25H27N2+. The molecule has 136 valence electrons. The lowest BCUT2D eigenvalue weighted by atomic mass is 9.88. The average Bonchev–Trinajstić information content (AvgIpc) is 3.42. The van der Waals surface area contributed by atoms with Crippen molar-refractivity contribution in [2.45, 2.75) is 45.4 Å². The van der Waals surface area contributed by atoms with E-state index in [9.17, 15) is 1.37 Å². The molecule has 1 aliphatic heterocycles. The molecule has 0 radical (unpaired) electrons. The summed E-state index contributed by atoms with van der Waals surface area (Å²) in [7, 11) is 0. The molecule has 27 heavy (non-hydrogen) atoms. The topological polar surface area (TPSA) is 8.81 Å². The van der Waals surface area contributed by atoms with Gasteiger partial charge in [0.1, 0.15) is 11.4 Å². The number of nitrogens with zero attached hydrogens (tertiary/aromatic N) is 2. The second-order valence-corrected chi connectivity index (χ2v) is 7.87. The van der Waals surface area contributed by atoms with Crippen molar-refractivity contribution in [2.24, 2.45) is 5.92 Å². The third kappa shape index (κ3) is 2.58. The van der Waals surface area contributed by atoms with Crippen LogP contribution in [0, 0.1) is 19.8 Å². The smallest absolute Gasteiger partial charge is 0.198 e. The molecule has 1 fully saturated rings. The lowest BCUT2D eigenvalue weighted by Crippen LogP contribution is -2.36. The highest BCUT2D eigenvalue weighted by Gasteiger charge is 2.40. The van der Waals surface area contributed by atoms with Gasteiger partial charge in [-0.3, -0.25) is 0 Å². The fourth-order valence-corrected chi connectivity index (χ4v) is 4.91. The molecule has 1 aromatic heterocycles. The molecule has 3 aromatic rings. The maximum Gasteiger partial charge on any atom is 0.299 e. The highest BCUT2D eigenvalue weighted by atomic mass is 15.2. The first-order valence-corrected chi connectivity index (χ1v) is 10.1. The van der Waals surface area contributed by atoms with Gasteiger partial charge in [0.05, 0.1) is 11.8 Å². The molecule has 0 spiro atoms. The molecule has 1 atom stereocenters. The van der Waals surface area contributed by atoms with Gasteiger partial charge in [-0.15, -0.1) is 0 Å². The summed E-state index contributed by atoms with van der Waals surface area (Å²) in [6.07, 6.45) is 9.10. The summed E-state index contributed by atoms with van der Waals surface area (Å²) < 4.78 is 14.1. The molecule has 0 saturated heterocycles. The van der Waals surface area contributed by atoms with Gasteiger partial charge in [-0.2, -0.15) is 9.13 Å². The number of hydrogen-bond acceptors (Lipinski definition) is 0. The van der Waals surface area contributed by atoms with Gasteiger partial charge in [-0.1, -0.05) is 49.2 Å². The van der Waals surface area contributed by atoms with Crippen LogP contribution in [0.3, 0.4) is 0 Å². The molecule has 2 nitrogen and oxygen atoms in total. The Morgan fingerprint density at radius 2 is 1.67 bits per heavy atom. The van der Waals surface area contributed by atoms with Crippen LogP contribution in [0.1, 0.15) is 49.9 Å². The molecule has 2 aliphatic rings. The predicted molar refractivity (Wildman–Crippen MR) is 111 cm³/mol. The average molecular weight is 357 g/mol. The maximum absolute atomic E-state index is 9.47. The van der Waals surface area contributed by atoms with Gasteiger partial charge in [0.15, 0.2) is 5.69 Å². The number of para-hydroxylation sites is 1. The van der Waals surface area contributed by atoms with E-state index in [4.69, 9.17) is 0 Å². The van der Waals surface area contributed by atoms with Crippen LogP contribution < -0.4 is 4.57 Å². The molecule has 5 rings (SSSR count). The van der Waals surface area contributed by atoms with Crippen molar-refractivity contribution in [2.75, 3.05) is 0 Å². The van der Waals surface area contributed by atoms with Gasteiger partial charge in [0.25, 0.3) is 5.82 Å². The van der Waals surface area contributed by atoms with Crippen molar-refractivity contribution in [3.05, 3.63) is 77.6 Å². The van der Waals surface area contributed by atoms with Gasteiger partial charge in [-0.25, -0.2) is 0 Å². The maximum atomic E-state index is 9.47. The quantitative estimate of drug-likeness (QED) is 0.524. The van der Waals surface area contributed by atoms with Crippen LogP contribution in [0.4, 0.5) is 0 Å². The van der Waals surface area contributed by atoms with Crippen molar-refractivity contribution in [1.82, 2.24) is 4.57 Å². The molecule has 0 bridgehead atoms. The fourth-order valence-electron chi connectivity index (χ4n) is 4.91. The number of fused-ring (bicyclic) bond motifs is 1. The van der Waals surface area contributed by atoms with Gasteiger partial charge in [0, 0.05) is 14.2 Å². The molecule has 0 N–H and O–H groups in total.